The lowest BCUT2D eigenvalue weighted by Crippen LogP contribution is -2.21. The summed E-state index contributed by atoms with van der Waals surface area (Å²) in [6.07, 6.45) is 2.38. The standard InChI is InChI=1S/C26H25N5OS/c32-24(27-22-15-7-8-16-23(22)30-17-9-10-18-30)19-33-26-29-28-25(20-11-3-1-4-12-20)31(26)21-13-5-2-6-14-21/h1-8,11-16H,9-10,17-19H2,(H,27,32). The van der Waals surface area contributed by atoms with Gasteiger partial charge >= 0.3 is 0 Å². The van der Waals surface area contributed by atoms with E-state index in [0.717, 1.165) is 41.5 Å². The van der Waals surface area contributed by atoms with Crippen LogP contribution in [0.5, 0.6) is 0 Å². The number of amides is 1. The molecule has 0 spiro atoms. The number of benzene rings is 3. The van der Waals surface area contributed by atoms with Crippen LogP contribution in [0.2, 0.25) is 0 Å². The molecule has 0 saturated carbocycles. The van der Waals surface area contributed by atoms with Crippen LogP contribution in [0.3, 0.4) is 0 Å². The molecule has 0 atom stereocenters. The molecule has 6 nitrogen and oxygen atoms in total. The molecule has 0 bridgehead atoms. The van der Waals surface area contributed by atoms with Crippen LogP contribution in [-0.4, -0.2) is 39.5 Å². The maximum atomic E-state index is 12.9. The number of aromatic nitrogens is 3. The lowest BCUT2D eigenvalue weighted by atomic mass is 10.2. The zero-order chi connectivity index (χ0) is 22.5. The van der Waals surface area contributed by atoms with Crippen LogP contribution >= 0.6 is 11.8 Å². The van der Waals surface area contributed by atoms with Crippen molar-refractivity contribution in [3.8, 4) is 17.1 Å². The van der Waals surface area contributed by atoms with Gasteiger partial charge in [0.15, 0.2) is 11.0 Å². The quantitative estimate of drug-likeness (QED) is 0.385. The molecule has 0 unspecified atom stereocenters. The van der Waals surface area contributed by atoms with Crippen molar-refractivity contribution < 1.29 is 4.79 Å². The molecule has 1 aliphatic rings. The Morgan fingerprint density at radius 2 is 1.52 bits per heavy atom. The largest absolute Gasteiger partial charge is 0.370 e. The van der Waals surface area contributed by atoms with Crippen LogP contribution in [-0.2, 0) is 4.79 Å². The van der Waals surface area contributed by atoms with Crippen molar-refractivity contribution in [3.63, 3.8) is 0 Å². The van der Waals surface area contributed by atoms with Crippen LogP contribution in [0.4, 0.5) is 11.4 Å². The number of thioether (sulfide) groups is 1. The highest BCUT2D eigenvalue weighted by atomic mass is 32.2. The number of nitrogens with zero attached hydrogens (tertiary/aromatic N) is 4. The van der Waals surface area contributed by atoms with Crippen LogP contribution < -0.4 is 10.2 Å². The van der Waals surface area contributed by atoms with Crippen molar-refractivity contribution in [2.75, 3.05) is 29.1 Å². The second-order valence-electron chi connectivity index (χ2n) is 7.89. The van der Waals surface area contributed by atoms with Gasteiger partial charge in [-0.3, -0.25) is 9.36 Å². The van der Waals surface area contributed by atoms with Gasteiger partial charge in [-0.05, 0) is 37.1 Å². The summed E-state index contributed by atoms with van der Waals surface area (Å²) < 4.78 is 2.01. The van der Waals surface area contributed by atoms with Crippen LogP contribution in [0, 0.1) is 0 Å². The summed E-state index contributed by atoms with van der Waals surface area (Å²) in [6, 6.07) is 28.0. The molecule has 33 heavy (non-hydrogen) atoms. The molecular formula is C26H25N5OS. The zero-order valence-electron chi connectivity index (χ0n) is 18.2. The second-order valence-corrected chi connectivity index (χ2v) is 8.83. The van der Waals surface area contributed by atoms with Gasteiger partial charge in [0.2, 0.25) is 5.91 Å². The van der Waals surface area contributed by atoms with Gasteiger partial charge in [-0.2, -0.15) is 0 Å². The molecule has 0 radical (unpaired) electrons. The van der Waals surface area contributed by atoms with E-state index in [0.29, 0.717) is 5.16 Å². The first-order valence-electron chi connectivity index (χ1n) is 11.1. The molecule has 2 heterocycles. The number of hydrogen-bond donors (Lipinski definition) is 1. The summed E-state index contributed by atoms with van der Waals surface area (Å²) in [4.78, 5) is 15.2. The summed E-state index contributed by atoms with van der Waals surface area (Å²) in [5, 5.41) is 12.6. The first-order chi connectivity index (χ1) is 16.3. The molecule has 1 N–H and O–H groups in total. The molecule has 0 aliphatic carbocycles. The van der Waals surface area contributed by atoms with Gasteiger partial charge in [0.05, 0.1) is 17.1 Å². The van der Waals surface area contributed by atoms with Crippen molar-refractivity contribution in [1.82, 2.24) is 14.8 Å². The van der Waals surface area contributed by atoms with Crippen molar-refractivity contribution >= 4 is 29.0 Å². The van der Waals surface area contributed by atoms with Gasteiger partial charge < -0.3 is 10.2 Å². The predicted octanol–water partition coefficient (Wildman–Crippen LogP) is 5.27. The van der Waals surface area contributed by atoms with Crippen molar-refractivity contribution in [1.29, 1.82) is 0 Å². The second kappa shape index (κ2) is 9.92. The monoisotopic (exact) mass is 455 g/mol. The molecule has 3 aromatic carbocycles. The Morgan fingerprint density at radius 1 is 0.848 bits per heavy atom. The number of carbonyl (C=O) groups excluding carboxylic acids is 1. The Hall–Kier alpha value is -3.58. The van der Waals surface area contributed by atoms with Gasteiger partial charge in [-0.15, -0.1) is 10.2 Å². The molecule has 7 heteroatoms. The lowest BCUT2D eigenvalue weighted by Gasteiger charge is -2.21. The fraction of sp³-hybridized carbons (Fsp3) is 0.192. The van der Waals surface area contributed by atoms with E-state index in [9.17, 15) is 4.79 Å². The number of carbonyl (C=O) groups is 1. The Labute approximate surface area is 197 Å². The first kappa shape index (κ1) is 21.3. The molecule has 166 valence electrons. The fourth-order valence-corrected chi connectivity index (χ4v) is 4.83. The number of para-hydroxylation sites is 3. The topological polar surface area (TPSA) is 63.1 Å². The first-order valence-corrected chi connectivity index (χ1v) is 12.1. The summed E-state index contributed by atoms with van der Waals surface area (Å²) in [6.45, 7) is 2.06. The Morgan fingerprint density at radius 3 is 2.27 bits per heavy atom. The van der Waals surface area contributed by atoms with Crippen molar-refractivity contribution in [2.45, 2.75) is 18.0 Å². The van der Waals surface area contributed by atoms with Crippen LogP contribution in [0.1, 0.15) is 12.8 Å². The smallest absolute Gasteiger partial charge is 0.234 e. The highest BCUT2D eigenvalue weighted by Crippen LogP contribution is 2.30. The van der Waals surface area contributed by atoms with Gasteiger partial charge in [0.1, 0.15) is 0 Å². The Kier molecular flexibility index (Phi) is 6.39. The fourth-order valence-electron chi connectivity index (χ4n) is 4.08. The average Bonchev–Trinajstić information content (AvgIpc) is 3.55. The molecule has 1 amide bonds. The molecule has 5 rings (SSSR count). The Bertz CT molecular complexity index is 1220. The number of rotatable bonds is 7. The number of anilines is 2. The minimum absolute atomic E-state index is 0.0597. The van der Waals surface area contributed by atoms with Crippen LogP contribution in [0.25, 0.3) is 17.1 Å². The summed E-state index contributed by atoms with van der Waals surface area (Å²) in [5.74, 6) is 0.938. The average molecular weight is 456 g/mol. The third-order valence-corrected chi connectivity index (χ3v) is 6.57. The Balaban J connectivity index is 1.35. The molecule has 4 aromatic rings. The molecule has 1 saturated heterocycles. The van der Waals surface area contributed by atoms with E-state index in [2.05, 4.69) is 26.5 Å². The number of nitrogens with one attached hydrogen (secondary N) is 1. The van der Waals surface area contributed by atoms with E-state index < -0.39 is 0 Å². The minimum atomic E-state index is -0.0597. The molecular weight excluding hydrogens is 430 g/mol. The van der Waals surface area contributed by atoms with Gasteiger partial charge in [0, 0.05) is 24.3 Å². The molecule has 1 aliphatic heterocycles. The maximum Gasteiger partial charge on any atom is 0.234 e. The highest BCUT2D eigenvalue weighted by molar-refractivity contribution is 7.99. The third kappa shape index (κ3) is 4.78. The lowest BCUT2D eigenvalue weighted by molar-refractivity contribution is -0.113. The number of hydrogen-bond acceptors (Lipinski definition) is 5. The van der Waals surface area contributed by atoms with E-state index in [1.54, 1.807) is 0 Å². The van der Waals surface area contributed by atoms with Crippen molar-refractivity contribution in [3.05, 3.63) is 84.9 Å². The van der Waals surface area contributed by atoms with E-state index in [-0.39, 0.29) is 11.7 Å². The summed E-state index contributed by atoms with van der Waals surface area (Å²) >= 11 is 1.39. The normalized spacial score (nSPS) is 13.3. The van der Waals surface area contributed by atoms with E-state index >= 15 is 0 Å². The van der Waals surface area contributed by atoms with E-state index in [1.165, 1.54) is 24.6 Å². The SMILES string of the molecule is O=C(CSc1nnc(-c2ccccc2)n1-c1ccccc1)Nc1ccccc1N1CCCC1. The van der Waals surface area contributed by atoms with Gasteiger partial charge in [-0.1, -0.05) is 72.4 Å². The van der Waals surface area contributed by atoms with Crippen molar-refractivity contribution in [2.24, 2.45) is 0 Å². The summed E-state index contributed by atoms with van der Waals surface area (Å²) in [7, 11) is 0. The third-order valence-electron chi connectivity index (χ3n) is 5.64. The van der Waals surface area contributed by atoms with E-state index in [4.69, 9.17) is 0 Å². The van der Waals surface area contributed by atoms with Crippen LogP contribution in [0.15, 0.2) is 90.1 Å². The minimum Gasteiger partial charge on any atom is -0.370 e. The van der Waals surface area contributed by atoms with E-state index in [1.807, 2.05) is 83.4 Å². The maximum absolute atomic E-state index is 12.9. The summed E-state index contributed by atoms with van der Waals surface area (Å²) in [5.41, 5.74) is 3.89. The predicted molar refractivity (Wildman–Crippen MR) is 134 cm³/mol. The van der Waals surface area contributed by atoms with Gasteiger partial charge in [0.25, 0.3) is 0 Å². The highest BCUT2D eigenvalue weighted by Gasteiger charge is 2.19. The van der Waals surface area contributed by atoms with Gasteiger partial charge in [-0.25, -0.2) is 0 Å². The molecule has 1 aromatic heterocycles. The zero-order valence-corrected chi connectivity index (χ0v) is 19.0. The molecule has 1 fully saturated rings.